The number of nitrogens with one attached hydrogen (secondary N) is 1. The van der Waals surface area contributed by atoms with E-state index >= 15 is 0 Å². The SMILES string of the molecule is Cc1cc2nc(SCC(=O)N(C)c3ccccc3)n(CC(C)C)c(=O)c2[nH]1. The lowest BCUT2D eigenvalue weighted by Crippen LogP contribution is -2.29. The van der Waals surface area contributed by atoms with Gasteiger partial charge in [-0.2, -0.15) is 0 Å². The van der Waals surface area contributed by atoms with Gasteiger partial charge in [-0.1, -0.05) is 43.8 Å². The van der Waals surface area contributed by atoms with Gasteiger partial charge in [-0.15, -0.1) is 0 Å². The first-order chi connectivity index (χ1) is 12.9. The number of aryl methyl sites for hydroxylation is 1. The molecular weight excluding hydrogens is 360 g/mol. The monoisotopic (exact) mass is 384 g/mol. The average molecular weight is 385 g/mol. The first-order valence-electron chi connectivity index (χ1n) is 8.91. The molecule has 2 aromatic heterocycles. The van der Waals surface area contributed by atoms with Crippen molar-refractivity contribution < 1.29 is 4.79 Å². The van der Waals surface area contributed by atoms with Gasteiger partial charge in [0.15, 0.2) is 5.16 Å². The molecule has 0 aliphatic rings. The maximum atomic E-state index is 12.9. The van der Waals surface area contributed by atoms with Crippen molar-refractivity contribution in [3.63, 3.8) is 0 Å². The lowest BCUT2D eigenvalue weighted by Gasteiger charge is -2.18. The van der Waals surface area contributed by atoms with E-state index in [9.17, 15) is 9.59 Å². The maximum Gasteiger partial charge on any atom is 0.278 e. The van der Waals surface area contributed by atoms with Crippen LogP contribution in [0.15, 0.2) is 46.3 Å². The lowest BCUT2D eigenvalue weighted by molar-refractivity contribution is -0.115. The van der Waals surface area contributed by atoms with Crippen molar-refractivity contribution in [3.05, 3.63) is 52.4 Å². The number of benzene rings is 1. The van der Waals surface area contributed by atoms with E-state index < -0.39 is 0 Å². The number of hydrogen-bond donors (Lipinski definition) is 1. The number of carbonyl (C=O) groups is 1. The van der Waals surface area contributed by atoms with E-state index in [0.717, 1.165) is 11.4 Å². The standard InChI is InChI=1S/C20H24N4O2S/c1-13(2)11-24-19(26)18-16(10-14(3)21-18)22-20(24)27-12-17(25)23(4)15-8-6-5-7-9-15/h5-10,13,21H,11-12H2,1-4H3. The molecule has 0 aliphatic carbocycles. The van der Waals surface area contributed by atoms with Crippen LogP contribution in [-0.2, 0) is 11.3 Å². The summed E-state index contributed by atoms with van der Waals surface area (Å²) < 4.78 is 1.67. The molecule has 1 N–H and O–H groups in total. The number of H-pyrrole nitrogens is 1. The Labute approximate surface area is 162 Å². The van der Waals surface area contributed by atoms with Crippen LogP contribution in [0.1, 0.15) is 19.5 Å². The highest BCUT2D eigenvalue weighted by atomic mass is 32.2. The third-order valence-corrected chi connectivity index (χ3v) is 5.19. The number of fused-ring (bicyclic) bond motifs is 1. The van der Waals surface area contributed by atoms with Crippen LogP contribution < -0.4 is 10.5 Å². The Kier molecular flexibility index (Phi) is 5.70. The highest BCUT2D eigenvalue weighted by Gasteiger charge is 2.17. The Balaban J connectivity index is 1.87. The third kappa shape index (κ3) is 4.24. The second-order valence-electron chi connectivity index (χ2n) is 6.99. The van der Waals surface area contributed by atoms with E-state index in [2.05, 4.69) is 23.8 Å². The van der Waals surface area contributed by atoms with Gasteiger partial charge in [-0.05, 0) is 31.0 Å². The topological polar surface area (TPSA) is 71.0 Å². The number of hydrogen-bond acceptors (Lipinski definition) is 4. The van der Waals surface area contributed by atoms with Crippen molar-refractivity contribution in [1.29, 1.82) is 0 Å². The van der Waals surface area contributed by atoms with E-state index in [0.29, 0.717) is 28.7 Å². The van der Waals surface area contributed by atoms with Crippen LogP contribution in [0.3, 0.4) is 0 Å². The van der Waals surface area contributed by atoms with Crippen LogP contribution in [-0.4, -0.2) is 33.2 Å². The van der Waals surface area contributed by atoms with E-state index in [1.807, 2.05) is 43.3 Å². The van der Waals surface area contributed by atoms with Gasteiger partial charge in [0.2, 0.25) is 5.91 Å². The molecule has 6 nitrogen and oxygen atoms in total. The molecule has 3 aromatic rings. The molecule has 0 unspecified atom stereocenters. The Morgan fingerprint density at radius 1 is 1.30 bits per heavy atom. The van der Waals surface area contributed by atoms with Crippen molar-refractivity contribution in [1.82, 2.24) is 14.5 Å². The number of aromatic amines is 1. The second-order valence-corrected chi connectivity index (χ2v) is 7.94. The fourth-order valence-corrected chi connectivity index (χ4v) is 3.79. The highest BCUT2D eigenvalue weighted by molar-refractivity contribution is 7.99. The first-order valence-corrected chi connectivity index (χ1v) is 9.90. The molecule has 2 heterocycles. The van der Waals surface area contributed by atoms with E-state index in [-0.39, 0.29) is 17.2 Å². The summed E-state index contributed by atoms with van der Waals surface area (Å²) in [5.74, 6) is 0.465. The molecule has 0 bridgehead atoms. The Hall–Kier alpha value is -2.54. The fraction of sp³-hybridized carbons (Fsp3) is 0.350. The van der Waals surface area contributed by atoms with Crippen LogP contribution in [0.5, 0.6) is 0 Å². The molecule has 142 valence electrons. The zero-order valence-electron chi connectivity index (χ0n) is 16.0. The molecule has 1 amide bonds. The van der Waals surface area contributed by atoms with E-state index in [4.69, 9.17) is 0 Å². The number of amides is 1. The van der Waals surface area contributed by atoms with Crippen LogP contribution in [0.4, 0.5) is 5.69 Å². The van der Waals surface area contributed by atoms with Crippen molar-refractivity contribution in [3.8, 4) is 0 Å². The maximum absolute atomic E-state index is 12.9. The van der Waals surface area contributed by atoms with Crippen molar-refractivity contribution >= 4 is 34.4 Å². The molecule has 0 aliphatic heterocycles. The normalized spacial score (nSPS) is 11.3. The van der Waals surface area contributed by atoms with Crippen LogP contribution in [0, 0.1) is 12.8 Å². The van der Waals surface area contributed by atoms with Crippen molar-refractivity contribution in [2.75, 3.05) is 17.7 Å². The summed E-state index contributed by atoms with van der Waals surface area (Å²) in [4.78, 5) is 34.8. The van der Waals surface area contributed by atoms with Gasteiger partial charge >= 0.3 is 0 Å². The summed E-state index contributed by atoms with van der Waals surface area (Å²) in [6.45, 7) is 6.57. The molecule has 0 fully saturated rings. The predicted molar refractivity (Wildman–Crippen MR) is 111 cm³/mol. The minimum Gasteiger partial charge on any atom is -0.353 e. The summed E-state index contributed by atoms with van der Waals surface area (Å²) in [6.07, 6.45) is 0. The highest BCUT2D eigenvalue weighted by Crippen LogP contribution is 2.21. The number of para-hydroxylation sites is 1. The fourth-order valence-electron chi connectivity index (χ4n) is 2.87. The molecule has 0 atom stereocenters. The summed E-state index contributed by atoms with van der Waals surface area (Å²) in [7, 11) is 1.76. The lowest BCUT2D eigenvalue weighted by atomic mass is 10.2. The Bertz CT molecular complexity index is 1010. The molecule has 7 heteroatoms. The van der Waals surface area contributed by atoms with Crippen molar-refractivity contribution in [2.45, 2.75) is 32.5 Å². The zero-order valence-corrected chi connectivity index (χ0v) is 16.8. The summed E-state index contributed by atoms with van der Waals surface area (Å²) in [5.41, 5.74) is 2.81. The largest absolute Gasteiger partial charge is 0.353 e. The minimum absolute atomic E-state index is 0.0399. The molecule has 0 saturated heterocycles. The third-order valence-electron chi connectivity index (χ3n) is 4.23. The van der Waals surface area contributed by atoms with Gasteiger partial charge in [0.05, 0.1) is 11.3 Å². The molecule has 0 radical (unpaired) electrons. The van der Waals surface area contributed by atoms with Gasteiger partial charge in [0, 0.05) is 25.0 Å². The number of thioether (sulfide) groups is 1. The number of anilines is 1. The quantitative estimate of drug-likeness (QED) is 0.522. The number of aromatic nitrogens is 3. The molecular formula is C20H24N4O2S. The molecule has 27 heavy (non-hydrogen) atoms. The van der Waals surface area contributed by atoms with Gasteiger partial charge in [-0.3, -0.25) is 14.2 Å². The van der Waals surface area contributed by atoms with E-state index in [1.54, 1.807) is 16.5 Å². The zero-order chi connectivity index (χ0) is 19.6. The van der Waals surface area contributed by atoms with Gasteiger partial charge in [0.1, 0.15) is 5.52 Å². The molecule has 1 aromatic carbocycles. The van der Waals surface area contributed by atoms with Crippen LogP contribution >= 0.6 is 11.8 Å². The van der Waals surface area contributed by atoms with Gasteiger partial charge < -0.3 is 9.88 Å². The predicted octanol–water partition coefficient (Wildman–Crippen LogP) is 3.44. The van der Waals surface area contributed by atoms with Crippen molar-refractivity contribution in [2.24, 2.45) is 5.92 Å². The Morgan fingerprint density at radius 2 is 2.00 bits per heavy atom. The summed E-state index contributed by atoms with van der Waals surface area (Å²) >= 11 is 1.31. The van der Waals surface area contributed by atoms with Gasteiger partial charge in [-0.25, -0.2) is 4.98 Å². The Morgan fingerprint density at radius 3 is 2.67 bits per heavy atom. The van der Waals surface area contributed by atoms with Crippen LogP contribution in [0.25, 0.3) is 11.0 Å². The minimum atomic E-state index is -0.0897. The van der Waals surface area contributed by atoms with Crippen LogP contribution in [0.2, 0.25) is 0 Å². The summed E-state index contributed by atoms with van der Waals surface area (Å²) in [5, 5.41) is 0.579. The number of carbonyl (C=O) groups excluding carboxylic acids is 1. The molecule has 0 spiro atoms. The van der Waals surface area contributed by atoms with Gasteiger partial charge in [0.25, 0.3) is 5.56 Å². The van der Waals surface area contributed by atoms with E-state index in [1.165, 1.54) is 11.8 Å². The number of rotatable bonds is 6. The first kappa shape index (κ1) is 19.2. The summed E-state index contributed by atoms with van der Waals surface area (Å²) in [6, 6.07) is 11.4. The second kappa shape index (κ2) is 8.00. The number of nitrogens with zero attached hydrogens (tertiary/aromatic N) is 3. The average Bonchev–Trinajstić information content (AvgIpc) is 3.02. The molecule has 3 rings (SSSR count). The smallest absolute Gasteiger partial charge is 0.278 e. The molecule has 0 saturated carbocycles.